The van der Waals surface area contributed by atoms with E-state index in [9.17, 15) is 4.39 Å². The van der Waals surface area contributed by atoms with Crippen molar-refractivity contribution in [3.8, 4) is 0 Å². The van der Waals surface area contributed by atoms with Gasteiger partial charge in [0.15, 0.2) is 0 Å². The molecule has 0 spiro atoms. The van der Waals surface area contributed by atoms with Crippen molar-refractivity contribution < 1.29 is 4.39 Å². The molecule has 1 aromatic heterocycles. The van der Waals surface area contributed by atoms with E-state index in [-0.39, 0.29) is 5.82 Å². The van der Waals surface area contributed by atoms with Gasteiger partial charge in [-0.3, -0.25) is 0 Å². The molecular weight excluding hydrogens is 436 g/mol. The Balaban J connectivity index is 1.38. The average Bonchev–Trinajstić information content (AvgIpc) is 3.30. The zero-order valence-corrected chi connectivity index (χ0v) is 20.2. The van der Waals surface area contributed by atoms with Crippen molar-refractivity contribution in [2.75, 3.05) is 6.16 Å². The maximum atomic E-state index is 13.7. The number of halogens is 1. The summed E-state index contributed by atoms with van der Waals surface area (Å²) in [5.74, 6) is -0.171. The molecule has 0 saturated heterocycles. The fourth-order valence-corrected chi connectivity index (χ4v) is 9.45. The topological polar surface area (TPSA) is 4.93 Å². The lowest BCUT2D eigenvalue weighted by molar-refractivity contribution is 0.611. The lowest BCUT2D eigenvalue weighted by Gasteiger charge is -2.27. The van der Waals surface area contributed by atoms with Gasteiger partial charge in [-0.25, -0.2) is 4.39 Å². The molecule has 4 aromatic carbocycles. The van der Waals surface area contributed by atoms with Crippen LogP contribution in [0, 0.1) is 5.82 Å². The van der Waals surface area contributed by atoms with Crippen molar-refractivity contribution in [1.29, 1.82) is 0 Å². The number of nitrogens with zero attached hydrogens (tertiary/aromatic N) is 1. The second-order valence-electron chi connectivity index (χ2n) is 8.81. The minimum atomic E-state index is -1.76. The van der Waals surface area contributed by atoms with Gasteiger partial charge in [-0.1, -0.05) is 54.6 Å². The molecule has 0 bridgehead atoms. The molecule has 0 amide bonds. The van der Waals surface area contributed by atoms with Crippen LogP contribution < -0.4 is 15.9 Å². The van der Waals surface area contributed by atoms with Crippen LogP contribution >= 0.6 is 7.26 Å². The third kappa shape index (κ3) is 4.56. The highest BCUT2D eigenvalue weighted by Crippen LogP contribution is 2.55. The summed E-state index contributed by atoms with van der Waals surface area (Å²) >= 11 is 0. The van der Waals surface area contributed by atoms with E-state index in [0.717, 1.165) is 42.9 Å². The first-order chi connectivity index (χ1) is 16.8. The standard InChI is InChI=1S/C31H30FNP/c32-27-20-19-26-21-23-33(31(26)25-27)22-11-4-12-24-34(28-13-5-1-6-14-28,29-15-7-2-8-16-29)30-17-9-3-10-18-30/h1-3,5-10,13-21,23,25H,4,11-12,22,24H2/q+1. The van der Waals surface area contributed by atoms with Crippen molar-refractivity contribution in [3.05, 3.63) is 127 Å². The van der Waals surface area contributed by atoms with Gasteiger partial charge < -0.3 is 4.57 Å². The van der Waals surface area contributed by atoms with Crippen molar-refractivity contribution in [2.24, 2.45) is 0 Å². The summed E-state index contributed by atoms with van der Waals surface area (Å²) in [6.07, 6.45) is 6.60. The summed E-state index contributed by atoms with van der Waals surface area (Å²) in [5, 5.41) is 5.43. The second-order valence-corrected chi connectivity index (χ2v) is 12.4. The summed E-state index contributed by atoms with van der Waals surface area (Å²) in [4.78, 5) is 0. The van der Waals surface area contributed by atoms with E-state index in [1.54, 1.807) is 6.07 Å². The van der Waals surface area contributed by atoms with Crippen LogP contribution in [0.1, 0.15) is 19.3 Å². The minimum Gasteiger partial charge on any atom is -0.347 e. The first kappa shape index (κ1) is 22.6. The second kappa shape index (κ2) is 10.4. The fraction of sp³-hybridized carbons (Fsp3) is 0.161. The van der Waals surface area contributed by atoms with E-state index in [4.69, 9.17) is 0 Å². The molecule has 34 heavy (non-hydrogen) atoms. The Morgan fingerprint density at radius 1 is 0.588 bits per heavy atom. The van der Waals surface area contributed by atoms with Crippen molar-refractivity contribution in [1.82, 2.24) is 4.57 Å². The molecule has 0 aliphatic rings. The van der Waals surface area contributed by atoms with Crippen LogP contribution in [0.2, 0.25) is 0 Å². The molecule has 1 nitrogen and oxygen atoms in total. The Hall–Kier alpha value is -3.22. The summed E-state index contributed by atoms with van der Waals surface area (Å²) in [5.41, 5.74) is 0.986. The molecular formula is C31H30FNP+. The van der Waals surface area contributed by atoms with Crippen LogP contribution in [-0.2, 0) is 6.54 Å². The van der Waals surface area contributed by atoms with E-state index in [0.29, 0.717) is 0 Å². The smallest absolute Gasteiger partial charge is 0.125 e. The largest absolute Gasteiger partial charge is 0.347 e. The van der Waals surface area contributed by atoms with Gasteiger partial charge in [0.1, 0.15) is 29.0 Å². The van der Waals surface area contributed by atoms with Crippen LogP contribution in [0.25, 0.3) is 10.9 Å². The Labute approximate surface area is 202 Å². The Morgan fingerprint density at radius 2 is 1.15 bits per heavy atom. The predicted molar refractivity (Wildman–Crippen MR) is 146 cm³/mol. The SMILES string of the molecule is Fc1ccc2ccn(CCCCC[P+](c3ccccc3)(c3ccccc3)c3ccccc3)c2c1. The molecule has 5 aromatic rings. The van der Waals surface area contributed by atoms with Crippen LogP contribution in [0.3, 0.4) is 0 Å². The maximum Gasteiger partial charge on any atom is 0.125 e. The molecule has 5 rings (SSSR count). The van der Waals surface area contributed by atoms with Gasteiger partial charge in [-0.2, -0.15) is 0 Å². The quantitative estimate of drug-likeness (QED) is 0.164. The highest BCUT2D eigenvalue weighted by Gasteiger charge is 2.44. The number of hydrogen-bond donors (Lipinski definition) is 0. The van der Waals surface area contributed by atoms with E-state index >= 15 is 0 Å². The van der Waals surface area contributed by atoms with Gasteiger partial charge in [-0.15, -0.1) is 0 Å². The number of aromatic nitrogens is 1. The third-order valence-corrected chi connectivity index (χ3v) is 11.2. The van der Waals surface area contributed by atoms with Crippen molar-refractivity contribution in [2.45, 2.75) is 25.8 Å². The summed E-state index contributed by atoms with van der Waals surface area (Å²) in [6, 6.07) is 40.4. The summed E-state index contributed by atoms with van der Waals surface area (Å²) < 4.78 is 15.9. The monoisotopic (exact) mass is 466 g/mol. The normalized spacial score (nSPS) is 11.7. The Morgan fingerprint density at radius 3 is 1.71 bits per heavy atom. The van der Waals surface area contributed by atoms with E-state index in [1.165, 1.54) is 22.0 Å². The third-order valence-electron chi connectivity index (χ3n) is 6.72. The van der Waals surface area contributed by atoms with Gasteiger partial charge in [0, 0.05) is 12.7 Å². The van der Waals surface area contributed by atoms with E-state index in [2.05, 4.69) is 108 Å². The first-order valence-corrected chi connectivity index (χ1v) is 14.0. The van der Waals surface area contributed by atoms with Crippen LogP contribution in [0.4, 0.5) is 4.39 Å². The number of benzene rings is 4. The predicted octanol–water partition coefficient (Wildman–Crippen LogP) is 6.94. The molecule has 0 fully saturated rings. The summed E-state index contributed by atoms with van der Waals surface area (Å²) in [6.45, 7) is 0.917. The molecule has 0 unspecified atom stereocenters. The van der Waals surface area contributed by atoms with Crippen molar-refractivity contribution >= 4 is 34.1 Å². The highest BCUT2D eigenvalue weighted by atomic mass is 31.2. The molecule has 0 atom stereocenters. The molecule has 0 aliphatic carbocycles. The molecule has 0 saturated carbocycles. The van der Waals surface area contributed by atoms with Gasteiger partial charge in [0.05, 0.1) is 11.7 Å². The molecule has 3 heteroatoms. The van der Waals surface area contributed by atoms with E-state index < -0.39 is 7.26 Å². The number of rotatable bonds is 9. The summed E-state index contributed by atoms with van der Waals surface area (Å²) in [7, 11) is -1.76. The zero-order valence-electron chi connectivity index (χ0n) is 19.4. The minimum absolute atomic E-state index is 0.171. The lowest BCUT2D eigenvalue weighted by atomic mass is 10.2. The maximum absolute atomic E-state index is 13.7. The van der Waals surface area contributed by atoms with Crippen LogP contribution in [0.15, 0.2) is 121 Å². The number of aryl methyl sites for hydroxylation is 1. The van der Waals surface area contributed by atoms with Gasteiger partial charge in [0.2, 0.25) is 0 Å². The van der Waals surface area contributed by atoms with E-state index in [1.807, 2.05) is 6.07 Å². The van der Waals surface area contributed by atoms with Crippen molar-refractivity contribution in [3.63, 3.8) is 0 Å². The fourth-order valence-electron chi connectivity index (χ4n) is 5.04. The molecule has 0 radical (unpaired) electrons. The molecule has 170 valence electrons. The molecule has 0 aliphatic heterocycles. The van der Waals surface area contributed by atoms with Crippen LogP contribution in [0.5, 0.6) is 0 Å². The highest BCUT2D eigenvalue weighted by molar-refractivity contribution is 7.95. The first-order valence-electron chi connectivity index (χ1n) is 12.1. The lowest BCUT2D eigenvalue weighted by Crippen LogP contribution is -2.33. The molecule has 0 N–H and O–H groups in total. The Kier molecular flexibility index (Phi) is 6.88. The average molecular weight is 467 g/mol. The van der Waals surface area contributed by atoms with Gasteiger partial charge in [0.25, 0.3) is 0 Å². The number of hydrogen-bond acceptors (Lipinski definition) is 0. The number of fused-ring (bicyclic) bond motifs is 1. The molecule has 1 heterocycles. The Bertz CT molecular complexity index is 1230. The zero-order chi connectivity index (χ0) is 23.2. The van der Waals surface area contributed by atoms with Crippen LogP contribution in [-0.4, -0.2) is 10.7 Å². The van der Waals surface area contributed by atoms with Gasteiger partial charge >= 0.3 is 0 Å². The van der Waals surface area contributed by atoms with Gasteiger partial charge in [-0.05, 0) is 85.3 Å². The number of unbranched alkanes of at least 4 members (excludes halogenated alkanes) is 2.